The number of aromatic nitrogens is 8. The first-order chi connectivity index (χ1) is 63.1. The summed E-state index contributed by atoms with van der Waals surface area (Å²) in [4.78, 5) is 72.3. The molecule has 7 fully saturated rings. The molecule has 3 atom stereocenters. The van der Waals surface area contributed by atoms with E-state index in [0.717, 1.165) is 212 Å². The van der Waals surface area contributed by atoms with Crippen molar-refractivity contribution in [2.75, 3.05) is 98.8 Å². The third-order valence-corrected chi connectivity index (χ3v) is 30.0. The minimum absolute atomic E-state index is 0.0867. The fourth-order valence-electron chi connectivity index (χ4n) is 22.6. The molecule has 21 nitrogen and oxygen atoms in total. The van der Waals surface area contributed by atoms with Crippen molar-refractivity contribution >= 4 is 46.4 Å². The van der Waals surface area contributed by atoms with E-state index < -0.39 is 21.7 Å². The number of benzene rings is 8. The molecule has 8 aromatic carbocycles. The van der Waals surface area contributed by atoms with E-state index >= 15 is 17.6 Å². The number of carbonyl (C=O) groups is 4. The number of halogens is 4. The van der Waals surface area contributed by atoms with Gasteiger partial charge in [0.1, 0.15) is 23.3 Å². The third-order valence-electron chi connectivity index (χ3n) is 30.0. The smallest absolute Gasteiger partial charge is 0.239 e. The third kappa shape index (κ3) is 16.2. The monoisotopic (exact) mass is 1750 g/mol. The highest BCUT2D eigenvalue weighted by Crippen LogP contribution is 2.54. The SMILES string of the molecule is CN1CCC2(CC1)C(=O)N(Cc1ccc(-c3cnn(C)c3)cc1F)c1ccccc12.Cn1cc(-c2ccc(CN3C(=O)C4(CCN(C5CCCC5)CC4)c4ccccc43)c(F)c2)cn1.Cn1cc(-c2ccc(CN3C(=O)C4(CCN(C5CCCOC5)C4)c4ccccc43)c(F)c2)cn1.Cn1cc(-c2ccc(CN3C(=O)C4(CCN(CC5CC5)C4)c4ccccc43)c(F)c2)cn1. The van der Waals surface area contributed by atoms with Crippen LogP contribution in [-0.2, 0) is 99.9 Å². The first-order valence-corrected chi connectivity index (χ1v) is 46.3. The summed E-state index contributed by atoms with van der Waals surface area (Å²) < 4.78 is 73.0. The summed E-state index contributed by atoms with van der Waals surface area (Å²) in [7, 11) is 9.46. The lowest BCUT2D eigenvalue weighted by atomic mass is 9.73. The fourth-order valence-corrected chi connectivity index (χ4v) is 22.6. The maximum absolute atomic E-state index is 15.2. The number of fused-ring (bicyclic) bond motifs is 8. The van der Waals surface area contributed by atoms with Crippen molar-refractivity contribution < 1.29 is 41.5 Å². The lowest BCUT2D eigenvalue weighted by Gasteiger charge is -2.41. The Morgan fingerprint density at radius 1 is 0.346 bits per heavy atom. The molecule has 130 heavy (non-hydrogen) atoms. The highest BCUT2D eigenvalue weighted by atomic mass is 19.1. The first kappa shape index (κ1) is 86.1. The van der Waals surface area contributed by atoms with Gasteiger partial charge < -0.3 is 39.0 Å². The molecule has 11 aliphatic rings. The fraction of sp³-hybridized carbons (Fsp3) is 0.390. The van der Waals surface area contributed by atoms with Crippen LogP contribution in [0.25, 0.3) is 44.5 Å². The van der Waals surface area contributed by atoms with Crippen molar-refractivity contribution in [3.05, 3.63) is 287 Å². The molecule has 2 aliphatic carbocycles. The molecule has 0 N–H and O–H groups in total. The van der Waals surface area contributed by atoms with Gasteiger partial charge in [0.2, 0.25) is 23.6 Å². The number of hydrogen-bond acceptors (Lipinski definition) is 13. The molecular formula is C105H112F4N16O5. The zero-order valence-corrected chi connectivity index (χ0v) is 74.7. The van der Waals surface area contributed by atoms with Crippen LogP contribution >= 0.6 is 0 Å². The summed E-state index contributed by atoms with van der Waals surface area (Å²) in [6, 6.07) is 54.3. The first-order valence-electron chi connectivity index (χ1n) is 46.3. The Morgan fingerprint density at radius 2 is 0.669 bits per heavy atom. The van der Waals surface area contributed by atoms with Gasteiger partial charge in [-0.2, -0.15) is 20.4 Å². The van der Waals surface area contributed by atoms with Crippen LogP contribution in [0.3, 0.4) is 0 Å². The normalized spacial score (nSPS) is 21.7. The Morgan fingerprint density at radius 3 is 1.02 bits per heavy atom. The number of aryl methyl sites for hydroxylation is 4. The standard InChI is InChI=1S/C28H31FN4O.C27H29FN4O2.C26H27FN4O.C24H25FN4O/c1-31-18-22(17-30-31)20-10-11-21(25(29)16-20)19-33-26-9-5-4-8-24(26)28(27(33)34)12-14-32(15-13-28)23-6-2-3-7-23;1-30-15-21(14-29-30)19-8-9-20(24(28)13-19)16-32-25-7-3-2-6-23(25)27(26(32)33)10-11-31(18-27)22-5-4-12-34-17-22;1-29-15-21(13-28-29)19-8-9-20(23(27)12-19)16-31-24-5-3-2-4-22(24)26(25(31)32)10-11-30(17-26)14-18-6-7-18;1-27-11-9-24(10-12-27)20-5-3-4-6-22(20)29(23(24)30)16-18-8-7-17(13-21(18)25)19-14-26-28(2)15-19/h4-5,8-11,16-18,23H,2-3,6-7,12-15,19H2,1H3;2-3,6-9,13-15,22H,4-5,10-12,16-18H2,1H3;2-5,8-9,12-13,15,18H,6-7,10-11,14,16-17H2,1H3;3-8,13-15H,9-12,16H2,1-2H3. The van der Waals surface area contributed by atoms with Crippen molar-refractivity contribution in [1.82, 2.24) is 58.7 Å². The highest BCUT2D eigenvalue weighted by Gasteiger charge is 2.58. The number of rotatable bonds is 16. The van der Waals surface area contributed by atoms with Crippen LogP contribution in [0.2, 0.25) is 0 Å². The molecule has 9 aliphatic heterocycles. The van der Waals surface area contributed by atoms with Crippen LogP contribution in [0.1, 0.15) is 134 Å². The topological polar surface area (TPSA) is 175 Å². The largest absolute Gasteiger partial charge is 0.380 e. The Labute approximate surface area is 756 Å². The molecule has 3 unspecified atom stereocenters. The van der Waals surface area contributed by atoms with Gasteiger partial charge in [0, 0.05) is 159 Å². The molecule has 670 valence electrons. The molecule has 5 saturated heterocycles. The van der Waals surface area contributed by atoms with E-state index in [1.807, 2.05) is 155 Å². The minimum Gasteiger partial charge on any atom is -0.380 e. The second kappa shape index (κ2) is 35.4. The summed E-state index contributed by atoms with van der Waals surface area (Å²) >= 11 is 0. The summed E-state index contributed by atoms with van der Waals surface area (Å²) in [5.41, 5.74) is 14.8. The molecule has 23 rings (SSSR count). The predicted octanol–water partition coefficient (Wildman–Crippen LogP) is 16.8. The van der Waals surface area contributed by atoms with Crippen LogP contribution in [0.5, 0.6) is 0 Å². The number of nitrogens with zero attached hydrogens (tertiary/aromatic N) is 16. The Kier molecular flexibility index (Phi) is 23.4. The molecule has 2 saturated carbocycles. The van der Waals surface area contributed by atoms with E-state index in [1.54, 1.807) is 94.6 Å². The maximum Gasteiger partial charge on any atom is 0.239 e. The Hall–Kier alpha value is -12.0. The van der Waals surface area contributed by atoms with E-state index in [1.165, 1.54) is 50.7 Å². The van der Waals surface area contributed by atoms with Gasteiger partial charge >= 0.3 is 0 Å². The van der Waals surface area contributed by atoms with Crippen LogP contribution in [-0.4, -0.2) is 174 Å². The van der Waals surface area contributed by atoms with Crippen LogP contribution in [0.15, 0.2) is 219 Å². The van der Waals surface area contributed by atoms with Crippen LogP contribution in [0.4, 0.5) is 40.3 Å². The summed E-state index contributed by atoms with van der Waals surface area (Å²) in [5.74, 6) is 0.0637. The van der Waals surface area contributed by atoms with Crippen LogP contribution < -0.4 is 19.6 Å². The van der Waals surface area contributed by atoms with E-state index in [9.17, 15) is 19.2 Å². The Balaban J connectivity index is 0.000000109. The second-order valence-corrected chi connectivity index (χ2v) is 38.1. The molecule has 25 heteroatoms. The van der Waals surface area contributed by atoms with E-state index in [-0.39, 0.29) is 73.1 Å². The van der Waals surface area contributed by atoms with Gasteiger partial charge in [-0.25, -0.2) is 17.6 Å². The number of amides is 4. The van der Waals surface area contributed by atoms with E-state index in [2.05, 4.69) is 71.3 Å². The number of hydrogen-bond donors (Lipinski definition) is 0. The van der Waals surface area contributed by atoms with E-state index in [0.29, 0.717) is 40.9 Å². The van der Waals surface area contributed by atoms with Gasteiger partial charge in [-0.15, -0.1) is 0 Å². The highest BCUT2D eigenvalue weighted by molar-refractivity contribution is 6.11. The van der Waals surface area contributed by atoms with Gasteiger partial charge in [0.05, 0.1) is 79.2 Å². The van der Waals surface area contributed by atoms with Gasteiger partial charge in [0.15, 0.2) is 0 Å². The van der Waals surface area contributed by atoms with Crippen molar-refractivity contribution in [3.8, 4) is 44.5 Å². The summed E-state index contributed by atoms with van der Waals surface area (Å²) in [5, 5.41) is 16.7. The van der Waals surface area contributed by atoms with Gasteiger partial charge in [-0.1, -0.05) is 134 Å². The van der Waals surface area contributed by atoms with Crippen molar-refractivity contribution in [3.63, 3.8) is 0 Å². The molecule has 4 amide bonds. The Bertz CT molecular complexity index is 6260. The second-order valence-electron chi connectivity index (χ2n) is 38.1. The number of para-hydroxylation sites is 4. The predicted molar refractivity (Wildman–Crippen MR) is 495 cm³/mol. The molecule has 4 aromatic heterocycles. The molecule has 0 bridgehead atoms. The van der Waals surface area contributed by atoms with Gasteiger partial charge in [-0.3, -0.25) is 42.8 Å². The van der Waals surface area contributed by atoms with Crippen molar-refractivity contribution in [1.29, 1.82) is 0 Å². The number of carbonyl (C=O) groups excluding carboxylic acids is 4. The van der Waals surface area contributed by atoms with Gasteiger partial charge in [-0.05, 0) is 222 Å². The van der Waals surface area contributed by atoms with Crippen molar-refractivity contribution in [2.24, 2.45) is 34.1 Å². The molecule has 0 radical (unpaired) electrons. The van der Waals surface area contributed by atoms with Crippen LogP contribution in [0, 0.1) is 29.2 Å². The summed E-state index contributed by atoms with van der Waals surface area (Å²) in [6.07, 6.45) is 29.3. The number of piperidine rings is 2. The lowest BCUT2D eigenvalue weighted by Crippen LogP contribution is -2.50. The minimum atomic E-state index is -0.555. The summed E-state index contributed by atoms with van der Waals surface area (Å²) in [6.45, 7) is 10.7. The van der Waals surface area contributed by atoms with Gasteiger partial charge in [0.25, 0.3) is 0 Å². The number of anilines is 4. The molecule has 4 spiro atoms. The number of likely N-dealkylation sites (tertiary alicyclic amines) is 4. The quantitative estimate of drug-likeness (QED) is 0.0837. The zero-order valence-electron chi connectivity index (χ0n) is 74.7. The lowest BCUT2D eigenvalue weighted by molar-refractivity contribution is -0.125. The zero-order chi connectivity index (χ0) is 89.3. The average molecular weight is 1750 g/mol. The van der Waals surface area contributed by atoms with E-state index in [4.69, 9.17) is 4.74 Å². The maximum atomic E-state index is 15.2. The average Bonchev–Trinajstić information content (AvgIpc) is 1.57. The molecule has 13 heterocycles. The number of ether oxygens (including phenoxy) is 1. The molecular weight excluding hydrogens is 1640 g/mol. The molecule has 12 aromatic rings. The van der Waals surface area contributed by atoms with Crippen molar-refractivity contribution in [2.45, 2.75) is 150 Å².